The van der Waals surface area contributed by atoms with Crippen molar-refractivity contribution in [1.29, 1.82) is 0 Å². The average molecular weight is 384 g/mol. The number of benzene rings is 2. The number of carboxylic acids is 1. The molecular formula is C21H25N3O2S. The number of aromatic nitrogens is 2. The maximum absolute atomic E-state index is 10.7. The van der Waals surface area contributed by atoms with Crippen LogP contribution in [0.15, 0.2) is 48.5 Å². The highest BCUT2D eigenvalue weighted by Crippen LogP contribution is 2.21. The molecule has 6 heteroatoms. The molecule has 5 nitrogen and oxygen atoms in total. The van der Waals surface area contributed by atoms with Gasteiger partial charge in [-0.2, -0.15) is 0 Å². The van der Waals surface area contributed by atoms with E-state index in [1.165, 1.54) is 5.56 Å². The van der Waals surface area contributed by atoms with Crippen LogP contribution in [0.1, 0.15) is 28.1 Å². The van der Waals surface area contributed by atoms with Crippen LogP contribution in [0.2, 0.25) is 0 Å². The summed E-state index contributed by atoms with van der Waals surface area (Å²) < 4.78 is 0. The predicted molar refractivity (Wildman–Crippen MR) is 110 cm³/mol. The fourth-order valence-corrected chi connectivity index (χ4v) is 3.09. The Morgan fingerprint density at radius 1 is 0.963 bits per heavy atom. The molecule has 1 unspecified atom stereocenters. The van der Waals surface area contributed by atoms with Crippen LogP contribution >= 0.6 is 11.3 Å². The van der Waals surface area contributed by atoms with Crippen molar-refractivity contribution in [3.05, 3.63) is 69.7 Å². The summed E-state index contributed by atoms with van der Waals surface area (Å²) in [6.45, 7) is 6.03. The molecule has 0 radical (unpaired) electrons. The van der Waals surface area contributed by atoms with Gasteiger partial charge < -0.3 is 10.8 Å². The van der Waals surface area contributed by atoms with Crippen LogP contribution in [0.3, 0.4) is 0 Å². The first-order valence-corrected chi connectivity index (χ1v) is 9.64. The lowest BCUT2D eigenvalue weighted by Crippen LogP contribution is -2.32. The lowest BCUT2D eigenvalue weighted by molar-refractivity contribution is -0.138. The third kappa shape index (κ3) is 6.58. The van der Waals surface area contributed by atoms with E-state index in [0.29, 0.717) is 6.42 Å². The zero-order valence-corrected chi connectivity index (χ0v) is 16.7. The molecule has 0 aliphatic carbocycles. The molecule has 1 aromatic heterocycles. The molecule has 0 spiro atoms. The van der Waals surface area contributed by atoms with Crippen LogP contribution in [0.4, 0.5) is 0 Å². The lowest BCUT2D eigenvalue weighted by atomic mass is 10.00. The van der Waals surface area contributed by atoms with Gasteiger partial charge in [0.2, 0.25) is 0 Å². The highest BCUT2D eigenvalue weighted by molar-refractivity contribution is 7.11. The Labute approximate surface area is 163 Å². The highest BCUT2D eigenvalue weighted by Gasteiger charge is 2.11. The maximum atomic E-state index is 10.7. The van der Waals surface area contributed by atoms with Gasteiger partial charge in [-0.15, -0.1) is 21.5 Å². The minimum Gasteiger partial charge on any atom is -0.480 e. The largest absolute Gasteiger partial charge is 0.480 e. The van der Waals surface area contributed by atoms with E-state index in [9.17, 15) is 4.79 Å². The first kappa shape index (κ1) is 20.7. The number of nitrogens with two attached hydrogens (primary N) is 1. The molecule has 0 saturated heterocycles. The molecule has 0 aliphatic rings. The minimum absolute atomic E-state index is 0.352. The van der Waals surface area contributed by atoms with Gasteiger partial charge in [-0.05, 0) is 48.9 Å². The molecule has 0 fully saturated rings. The fourth-order valence-electron chi connectivity index (χ4n) is 2.50. The Bertz CT molecular complexity index is 841. The minimum atomic E-state index is -0.968. The van der Waals surface area contributed by atoms with Crippen LogP contribution in [-0.2, 0) is 17.6 Å². The Balaban J connectivity index is 0.000000313. The molecule has 142 valence electrons. The Morgan fingerprint density at radius 2 is 1.41 bits per heavy atom. The van der Waals surface area contributed by atoms with E-state index in [1.54, 1.807) is 11.3 Å². The number of nitrogens with zero attached hydrogens (tertiary/aromatic N) is 2. The van der Waals surface area contributed by atoms with Crippen molar-refractivity contribution in [3.63, 3.8) is 0 Å². The van der Waals surface area contributed by atoms with E-state index < -0.39 is 12.0 Å². The molecule has 3 rings (SSSR count). The van der Waals surface area contributed by atoms with Gasteiger partial charge in [-0.25, -0.2) is 0 Å². The van der Waals surface area contributed by atoms with Crippen LogP contribution in [0, 0.1) is 13.8 Å². The van der Waals surface area contributed by atoms with Crippen molar-refractivity contribution in [1.82, 2.24) is 10.2 Å². The number of carboxylic acid groups (broad SMARTS) is 1. The van der Waals surface area contributed by atoms with Gasteiger partial charge in [-0.1, -0.05) is 55.5 Å². The van der Waals surface area contributed by atoms with E-state index in [-0.39, 0.29) is 0 Å². The van der Waals surface area contributed by atoms with Crippen LogP contribution < -0.4 is 5.73 Å². The maximum Gasteiger partial charge on any atom is 0.320 e. The first-order valence-electron chi connectivity index (χ1n) is 8.82. The number of rotatable bonds is 5. The van der Waals surface area contributed by atoms with Crippen molar-refractivity contribution in [2.45, 2.75) is 39.7 Å². The molecule has 27 heavy (non-hydrogen) atoms. The quantitative estimate of drug-likeness (QED) is 0.694. The SMILES string of the molecule is CCc1ccc(-c2ccc(CC(N)C(=O)O)cc2)cc1.Cc1nnc(C)s1. The topological polar surface area (TPSA) is 89.1 Å². The molecule has 0 bridgehead atoms. The fraction of sp³-hybridized carbons (Fsp3) is 0.286. The molecule has 3 N–H and O–H groups in total. The van der Waals surface area contributed by atoms with Gasteiger partial charge in [0.05, 0.1) is 0 Å². The number of hydrogen-bond acceptors (Lipinski definition) is 5. The molecule has 0 saturated carbocycles. The first-order chi connectivity index (χ1) is 12.9. The van der Waals surface area contributed by atoms with Gasteiger partial charge in [0.1, 0.15) is 16.1 Å². The summed E-state index contributed by atoms with van der Waals surface area (Å²) in [5, 5.41) is 18.4. The van der Waals surface area contributed by atoms with Gasteiger partial charge in [0, 0.05) is 0 Å². The number of hydrogen-bond donors (Lipinski definition) is 2. The molecular weight excluding hydrogens is 358 g/mol. The van der Waals surface area contributed by atoms with Crippen molar-refractivity contribution >= 4 is 17.3 Å². The van der Waals surface area contributed by atoms with Crippen molar-refractivity contribution in [2.24, 2.45) is 5.73 Å². The van der Waals surface area contributed by atoms with E-state index in [1.807, 2.05) is 38.1 Å². The third-order valence-electron chi connectivity index (χ3n) is 4.05. The van der Waals surface area contributed by atoms with Crippen molar-refractivity contribution in [3.8, 4) is 11.1 Å². The summed E-state index contributed by atoms with van der Waals surface area (Å²) >= 11 is 1.62. The second-order valence-electron chi connectivity index (χ2n) is 6.24. The molecule has 1 atom stereocenters. The van der Waals surface area contributed by atoms with E-state index in [0.717, 1.165) is 33.1 Å². The van der Waals surface area contributed by atoms with E-state index in [4.69, 9.17) is 10.8 Å². The summed E-state index contributed by atoms with van der Waals surface area (Å²) in [6.07, 6.45) is 1.39. The average Bonchev–Trinajstić information content (AvgIpc) is 3.05. The molecule has 3 aromatic rings. The normalized spacial score (nSPS) is 11.4. The molecule has 0 amide bonds. The molecule has 1 heterocycles. The number of carbonyl (C=O) groups is 1. The van der Waals surface area contributed by atoms with Gasteiger partial charge in [0.15, 0.2) is 0 Å². The zero-order valence-electron chi connectivity index (χ0n) is 15.8. The Kier molecular flexibility index (Phi) is 7.64. The number of aryl methyl sites for hydroxylation is 3. The van der Waals surface area contributed by atoms with Gasteiger partial charge >= 0.3 is 5.97 Å². The van der Waals surface area contributed by atoms with Crippen LogP contribution in [0.25, 0.3) is 11.1 Å². The van der Waals surface area contributed by atoms with E-state index in [2.05, 4.69) is 41.4 Å². The van der Waals surface area contributed by atoms with E-state index >= 15 is 0 Å². The number of aliphatic carboxylic acids is 1. The molecule has 0 aliphatic heterocycles. The summed E-state index contributed by atoms with van der Waals surface area (Å²) in [5.74, 6) is -0.968. The monoisotopic (exact) mass is 383 g/mol. The summed E-state index contributed by atoms with van der Waals surface area (Å²) in [5.41, 5.74) is 10.1. The second kappa shape index (κ2) is 9.94. The van der Waals surface area contributed by atoms with Crippen LogP contribution in [0.5, 0.6) is 0 Å². The van der Waals surface area contributed by atoms with Crippen molar-refractivity contribution in [2.75, 3.05) is 0 Å². The van der Waals surface area contributed by atoms with Crippen molar-refractivity contribution < 1.29 is 9.90 Å². The Hall–Kier alpha value is -2.57. The lowest BCUT2D eigenvalue weighted by Gasteiger charge is -2.08. The second-order valence-corrected chi connectivity index (χ2v) is 7.62. The highest BCUT2D eigenvalue weighted by atomic mass is 32.1. The van der Waals surface area contributed by atoms with Gasteiger partial charge in [0.25, 0.3) is 0 Å². The molecule has 2 aromatic carbocycles. The predicted octanol–water partition coefficient (Wildman–Crippen LogP) is 4.03. The Morgan fingerprint density at radius 3 is 1.74 bits per heavy atom. The summed E-state index contributed by atoms with van der Waals surface area (Å²) in [4.78, 5) is 10.7. The van der Waals surface area contributed by atoms with Crippen LogP contribution in [-0.4, -0.2) is 27.3 Å². The smallest absolute Gasteiger partial charge is 0.320 e. The summed E-state index contributed by atoms with van der Waals surface area (Å²) in [6, 6.07) is 15.5. The van der Waals surface area contributed by atoms with Gasteiger partial charge in [-0.3, -0.25) is 4.79 Å². The summed E-state index contributed by atoms with van der Waals surface area (Å²) in [7, 11) is 0. The standard InChI is InChI=1S/C17H19NO2.C4H6N2S/c1-2-12-3-7-14(8-4-12)15-9-5-13(6-10-15)11-16(18)17(19)20;1-3-5-6-4(2)7-3/h3-10,16H,2,11,18H2,1H3,(H,19,20);1-2H3. The zero-order chi connectivity index (χ0) is 19.8. The third-order valence-corrected chi connectivity index (χ3v) is 4.80.